The van der Waals surface area contributed by atoms with Gasteiger partial charge in [0.15, 0.2) is 0 Å². The van der Waals surface area contributed by atoms with Crippen molar-refractivity contribution in [2.75, 3.05) is 54.5 Å². The summed E-state index contributed by atoms with van der Waals surface area (Å²) in [5.41, 5.74) is 5.25. The highest BCUT2D eigenvalue weighted by Crippen LogP contribution is 2.38. The molecule has 256 valence electrons. The second kappa shape index (κ2) is 22.1. The van der Waals surface area contributed by atoms with Crippen LogP contribution in [0, 0.1) is 10.1 Å². The van der Waals surface area contributed by atoms with Gasteiger partial charge in [-0.25, -0.2) is 0 Å². The lowest BCUT2D eigenvalue weighted by Crippen LogP contribution is -2.25. The van der Waals surface area contributed by atoms with Crippen LogP contribution in [0.1, 0.15) is 20.8 Å². The van der Waals surface area contributed by atoms with E-state index in [1.807, 2.05) is 32.2 Å². The first kappa shape index (κ1) is 42.6. The van der Waals surface area contributed by atoms with Gasteiger partial charge in [0.2, 0.25) is 17.2 Å². The largest absolute Gasteiger partial charge is 0.778 e. The van der Waals surface area contributed by atoms with Crippen LogP contribution in [0.2, 0.25) is 10.3 Å². The first-order valence-electron chi connectivity index (χ1n) is 13.2. The van der Waals surface area contributed by atoms with E-state index in [-0.39, 0.29) is 33.5 Å². The molecule has 0 bridgehead atoms. The number of anilines is 3. The topological polar surface area (TPSA) is 251 Å². The lowest BCUT2D eigenvalue weighted by atomic mass is 10.2. The number of hydrogen-bond acceptors (Lipinski definition) is 13. The lowest BCUT2D eigenvalue weighted by Gasteiger charge is -2.14. The van der Waals surface area contributed by atoms with Crippen molar-refractivity contribution in [1.29, 1.82) is 0 Å². The van der Waals surface area contributed by atoms with E-state index in [2.05, 4.69) is 44.4 Å². The molecular formula is C26H39Cl2N8O8PS. The maximum absolute atomic E-state index is 10.7. The number of nitro benzene ring substituents is 1. The lowest BCUT2D eigenvalue weighted by molar-refractivity contribution is -0.383. The van der Waals surface area contributed by atoms with Gasteiger partial charge >= 0.3 is 5.97 Å². The highest BCUT2D eigenvalue weighted by molar-refractivity contribution is 7.94. The monoisotopic (exact) mass is 724 g/mol. The minimum absolute atomic E-state index is 0.0352. The molecular weight excluding hydrogens is 686 g/mol. The number of aliphatic carboxylic acids is 1. The number of carboxylic acids is 1. The molecule has 0 saturated carbocycles. The predicted molar refractivity (Wildman–Crippen MR) is 182 cm³/mol. The SMILES string of the molecule is CCNc1nc(Cl)nc(NC(C)C)n1.C[S+](C)C.Nc1c([N+](=O)[O-])ccc(Oc2ccccc2)c1Cl.O=C(O)CNCP(=O)([O-])O. The van der Waals surface area contributed by atoms with Crippen LogP contribution in [-0.4, -0.2) is 80.0 Å². The third kappa shape index (κ3) is 20.6. The molecule has 20 heteroatoms. The van der Waals surface area contributed by atoms with Gasteiger partial charge in [-0.2, -0.15) is 15.0 Å². The van der Waals surface area contributed by atoms with E-state index in [0.717, 1.165) is 6.54 Å². The Bertz CT molecular complexity index is 1420. The highest BCUT2D eigenvalue weighted by atomic mass is 35.5. The smallest absolute Gasteiger partial charge is 0.317 e. The Morgan fingerprint density at radius 2 is 1.67 bits per heavy atom. The number of carbonyl (C=O) groups is 1. The number of nitrogens with two attached hydrogens (primary N) is 1. The number of aromatic nitrogens is 3. The van der Waals surface area contributed by atoms with Crippen molar-refractivity contribution < 1.29 is 33.9 Å². The molecule has 3 aromatic rings. The third-order valence-corrected chi connectivity index (χ3v) is 5.42. The Morgan fingerprint density at radius 3 is 2.15 bits per heavy atom. The minimum atomic E-state index is -4.35. The van der Waals surface area contributed by atoms with Crippen molar-refractivity contribution in [2.24, 2.45) is 0 Å². The number of para-hydroxylation sites is 1. The van der Waals surface area contributed by atoms with E-state index in [9.17, 15) is 24.4 Å². The number of ether oxygens (including phenoxy) is 1. The summed E-state index contributed by atoms with van der Waals surface area (Å²) in [6, 6.07) is 11.9. The third-order valence-electron chi connectivity index (χ3n) is 4.24. The molecule has 1 atom stereocenters. The number of benzene rings is 2. The van der Waals surface area contributed by atoms with E-state index in [1.54, 1.807) is 24.3 Å². The molecule has 0 aliphatic heterocycles. The summed E-state index contributed by atoms with van der Waals surface area (Å²) in [4.78, 5) is 49.9. The first-order chi connectivity index (χ1) is 21.4. The van der Waals surface area contributed by atoms with Gasteiger partial charge in [-0.15, -0.1) is 0 Å². The number of nitrogens with zero attached hydrogens (tertiary/aromatic N) is 4. The Kier molecular flexibility index (Phi) is 20.5. The van der Waals surface area contributed by atoms with Gasteiger partial charge in [0.1, 0.15) is 29.8 Å². The van der Waals surface area contributed by atoms with Crippen molar-refractivity contribution in [3.63, 3.8) is 0 Å². The molecule has 0 amide bonds. The molecule has 3 rings (SSSR count). The van der Waals surface area contributed by atoms with Crippen LogP contribution in [0.3, 0.4) is 0 Å². The predicted octanol–water partition coefficient (Wildman–Crippen LogP) is 4.06. The van der Waals surface area contributed by atoms with Gasteiger partial charge in [-0.1, -0.05) is 29.8 Å². The molecule has 0 spiro atoms. The zero-order valence-corrected chi connectivity index (χ0v) is 29.3. The number of nitro groups is 1. The zero-order chi connectivity index (χ0) is 35.4. The quantitative estimate of drug-likeness (QED) is 0.0536. The average molecular weight is 726 g/mol. The second-order valence-corrected chi connectivity index (χ2v) is 14.2. The van der Waals surface area contributed by atoms with Crippen LogP contribution in [0.5, 0.6) is 11.5 Å². The Hall–Kier alpha value is -3.44. The van der Waals surface area contributed by atoms with Gasteiger partial charge in [0.05, 0.1) is 36.5 Å². The van der Waals surface area contributed by atoms with Crippen LogP contribution in [0.25, 0.3) is 0 Å². The molecule has 1 unspecified atom stereocenters. The second-order valence-electron chi connectivity index (χ2n) is 9.40. The van der Waals surface area contributed by atoms with Crippen LogP contribution < -0.4 is 31.3 Å². The van der Waals surface area contributed by atoms with Gasteiger partial charge in [-0.3, -0.25) is 20.2 Å². The summed E-state index contributed by atoms with van der Waals surface area (Å²) >= 11 is 11.7. The maximum atomic E-state index is 10.7. The van der Waals surface area contributed by atoms with Crippen LogP contribution in [-0.2, 0) is 20.3 Å². The van der Waals surface area contributed by atoms with Crippen molar-refractivity contribution in [3.05, 3.63) is 62.9 Å². The number of hydrogen-bond donors (Lipinski definition) is 6. The summed E-state index contributed by atoms with van der Waals surface area (Å²) in [5.74, 6) is 0.679. The zero-order valence-electron chi connectivity index (χ0n) is 26.1. The number of nitrogen functional groups attached to an aromatic ring is 1. The van der Waals surface area contributed by atoms with Crippen molar-refractivity contribution in [1.82, 2.24) is 20.3 Å². The summed E-state index contributed by atoms with van der Waals surface area (Å²) in [7, 11) is -3.71. The van der Waals surface area contributed by atoms with E-state index in [4.69, 9.17) is 43.7 Å². The molecule has 0 radical (unpaired) electrons. The van der Waals surface area contributed by atoms with E-state index >= 15 is 0 Å². The average Bonchev–Trinajstić information content (AvgIpc) is 2.91. The maximum Gasteiger partial charge on any atom is 0.317 e. The summed E-state index contributed by atoms with van der Waals surface area (Å²) in [5, 5.41) is 26.9. The Morgan fingerprint density at radius 1 is 1.11 bits per heavy atom. The van der Waals surface area contributed by atoms with Crippen molar-refractivity contribution >= 4 is 70.9 Å². The molecule has 2 aromatic carbocycles. The van der Waals surface area contributed by atoms with E-state index in [0.29, 0.717) is 28.5 Å². The molecule has 0 aliphatic rings. The summed E-state index contributed by atoms with van der Waals surface area (Å²) in [6.07, 6.45) is 5.87. The number of rotatable bonds is 11. The number of nitrogens with one attached hydrogen (secondary N) is 3. The van der Waals surface area contributed by atoms with Gasteiger partial charge < -0.3 is 40.6 Å². The molecule has 0 fully saturated rings. The molecule has 46 heavy (non-hydrogen) atoms. The van der Waals surface area contributed by atoms with Gasteiger partial charge in [-0.05, 0) is 61.5 Å². The van der Waals surface area contributed by atoms with Crippen LogP contribution in [0.4, 0.5) is 23.3 Å². The van der Waals surface area contributed by atoms with Gasteiger partial charge in [0, 0.05) is 18.7 Å². The first-order valence-corrected chi connectivity index (χ1v) is 18.1. The summed E-state index contributed by atoms with van der Waals surface area (Å²) < 4.78 is 15.4. The minimum Gasteiger partial charge on any atom is -0.778 e. The Balaban J connectivity index is 0.000000647. The highest BCUT2D eigenvalue weighted by Gasteiger charge is 2.18. The van der Waals surface area contributed by atoms with Crippen LogP contribution >= 0.6 is 30.8 Å². The molecule has 7 N–H and O–H groups in total. The van der Waals surface area contributed by atoms with Crippen molar-refractivity contribution in [3.8, 4) is 11.5 Å². The number of halogens is 2. The fourth-order valence-corrected chi connectivity index (χ4v) is 3.38. The fraction of sp³-hybridized carbons (Fsp3) is 0.385. The molecule has 16 nitrogen and oxygen atoms in total. The molecule has 1 aromatic heterocycles. The van der Waals surface area contributed by atoms with Crippen molar-refractivity contribution in [2.45, 2.75) is 26.8 Å². The fourth-order valence-electron chi connectivity index (χ4n) is 2.63. The molecule has 0 aliphatic carbocycles. The normalized spacial score (nSPS) is 11.4. The van der Waals surface area contributed by atoms with E-state index in [1.165, 1.54) is 12.1 Å². The van der Waals surface area contributed by atoms with Gasteiger partial charge in [0.25, 0.3) is 5.69 Å². The Labute approximate surface area is 280 Å². The summed E-state index contributed by atoms with van der Waals surface area (Å²) in [6.45, 7) is 6.25. The van der Waals surface area contributed by atoms with E-state index < -0.39 is 31.3 Å². The number of carboxylic acid groups (broad SMARTS) is 1. The molecule has 1 heterocycles. The van der Waals surface area contributed by atoms with Crippen LogP contribution in [0.15, 0.2) is 42.5 Å². The molecule has 0 saturated heterocycles. The standard InChI is InChI=1S/C12H9ClN2O3.C8H14ClN5.C3H8NO5P.C3H9S/c13-11-10(18-8-4-2-1-3-5-8)7-6-9(12(11)14)15(16)17;1-4-10-7-12-6(9)13-8(14-7)11-5(2)3;5-3(6)1-4-2-10(7,8)9;1-4(2)3/h1-7H,14H2;5H,4H2,1-3H3,(H2,10,11,12,13,14);4H,1-2H2,(H,5,6)(H2,7,8,9);1-3H3/q;;;+1/p-1.